The van der Waals surface area contributed by atoms with Crippen molar-refractivity contribution in [2.75, 3.05) is 0 Å². The molecule has 0 amide bonds. The number of benzene rings is 1. The van der Waals surface area contributed by atoms with Crippen LogP contribution in [0.2, 0.25) is 0 Å². The molecule has 2 heteroatoms. The first-order valence-corrected chi connectivity index (χ1v) is 5.26. The number of rotatable bonds is 3. The van der Waals surface area contributed by atoms with E-state index in [2.05, 4.69) is 4.98 Å². The molecule has 16 heavy (non-hydrogen) atoms. The maximum absolute atomic E-state index is 11.9. The van der Waals surface area contributed by atoms with Crippen LogP contribution in [0.25, 0.3) is 0 Å². The van der Waals surface area contributed by atoms with Gasteiger partial charge in [-0.3, -0.25) is 9.78 Å². The van der Waals surface area contributed by atoms with Crippen LogP contribution in [0.3, 0.4) is 0 Å². The topological polar surface area (TPSA) is 30.0 Å². The number of ketones is 1. The fourth-order valence-corrected chi connectivity index (χ4v) is 1.57. The lowest BCUT2D eigenvalue weighted by atomic mass is 10.1. The molecule has 0 atom stereocenters. The Morgan fingerprint density at radius 3 is 2.50 bits per heavy atom. The molecular formula is C14H13NO. The highest BCUT2D eigenvalue weighted by molar-refractivity contribution is 5.95. The van der Waals surface area contributed by atoms with E-state index in [0.29, 0.717) is 12.1 Å². The summed E-state index contributed by atoms with van der Waals surface area (Å²) in [5.74, 6) is 0.0647. The number of Topliss-reactive ketones (excluding diaryl/α,β-unsaturated/α-hetero) is 1. The number of pyridine rings is 1. The van der Waals surface area contributed by atoms with Crippen LogP contribution in [-0.4, -0.2) is 10.8 Å². The number of hydrogen-bond donors (Lipinski definition) is 0. The third-order valence-electron chi connectivity index (χ3n) is 2.38. The zero-order valence-corrected chi connectivity index (χ0v) is 9.18. The molecule has 1 aromatic carbocycles. The molecule has 0 aliphatic carbocycles. The number of aryl methyl sites for hydroxylation is 1. The summed E-state index contributed by atoms with van der Waals surface area (Å²) in [4.78, 5) is 16.1. The predicted octanol–water partition coefficient (Wildman–Crippen LogP) is 2.82. The van der Waals surface area contributed by atoms with Crippen molar-refractivity contribution in [3.05, 3.63) is 65.5 Å². The smallest absolute Gasteiger partial charge is 0.185 e. The summed E-state index contributed by atoms with van der Waals surface area (Å²) in [5.41, 5.74) is 2.44. The summed E-state index contributed by atoms with van der Waals surface area (Å²) in [6.07, 6.45) is 0.414. The van der Waals surface area contributed by atoms with Crippen molar-refractivity contribution in [3.8, 4) is 0 Å². The third kappa shape index (κ3) is 2.54. The molecule has 0 fully saturated rings. The minimum absolute atomic E-state index is 0.0647. The Balaban J connectivity index is 2.15. The first-order valence-electron chi connectivity index (χ1n) is 5.26. The van der Waals surface area contributed by atoms with E-state index in [1.54, 1.807) is 6.07 Å². The molecule has 80 valence electrons. The number of carbonyl (C=O) groups is 1. The van der Waals surface area contributed by atoms with Gasteiger partial charge in [0.15, 0.2) is 5.78 Å². The highest BCUT2D eigenvalue weighted by atomic mass is 16.1. The van der Waals surface area contributed by atoms with Crippen molar-refractivity contribution < 1.29 is 4.79 Å². The van der Waals surface area contributed by atoms with Crippen LogP contribution in [0.1, 0.15) is 21.7 Å². The molecule has 0 saturated heterocycles. The second-order valence-electron chi connectivity index (χ2n) is 3.75. The maximum atomic E-state index is 11.9. The van der Waals surface area contributed by atoms with Gasteiger partial charge in [0, 0.05) is 12.1 Å². The SMILES string of the molecule is Cc1cccc(C(=O)Cc2ccccc2)n1. The van der Waals surface area contributed by atoms with Gasteiger partial charge in [-0.2, -0.15) is 0 Å². The number of aromatic nitrogens is 1. The maximum Gasteiger partial charge on any atom is 0.185 e. The van der Waals surface area contributed by atoms with Crippen LogP contribution in [0.5, 0.6) is 0 Å². The summed E-state index contributed by atoms with van der Waals surface area (Å²) in [5, 5.41) is 0. The molecule has 0 aliphatic rings. The van der Waals surface area contributed by atoms with Crippen LogP contribution in [0, 0.1) is 6.92 Å². The summed E-state index contributed by atoms with van der Waals surface area (Å²) in [6, 6.07) is 15.2. The second-order valence-corrected chi connectivity index (χ2v) is 3.75. The van der Waals surface area contributed by atoms with E-state index in [1.807, 2.05) is 49.4 Å². The van der Waals surface area contributed by atoms with Gasteiger partial charge in [-0.05, 0) is 24.6 Å². The Morgan fingerprint density at radius 1 is 1.06 bits per heavy atom. The molecule has 1 heterocycles. The molecule has 2 nitrogen and oxygen atoms in total. The monoisotopic (exact) mass is 211 g/mol. The molecule has 0 aliphatic heterocycles. The van der Waals surface area contributed by atoms with Crippen molar-refractivity contribution in [2.45, 2.75) is 13.3 Å². The van der Waals surface area contributed by atoms with Gasteiger partial charge in [-0.1, -0.05) is 36.4 Å². The lowest BCUT2D eigenvalue weighted by Gasteiger charge is -2.01. The fraction of sp³-hybridized carbons (Fsp3) is 0.143. The van der Waals surface area contributed by atoms with Crippen LogP contribution < -0.4 is 0 Å². The lowest BCUT2D eigenvalue weighted by molar-refractivity contribution is 0.0988. The van der Waals surface area contributed by atoms with Gasteiger partial charge in [0.25, 0.3) is 0 Å². The van der Waals surface area contributed by atoms with E-state index in [1.165, 1.54) is 0 Å². The average molecular weight is 211 g/mol. The number of hydrogen-bond acceptors (Lipinski definition) is 2. The summed E-state index contributed by atoms with van der Waals surface area (Å²) in [7, 11) is 0. The van der Waals surface area contributed by atoms with Crippen molar-refractivity contribution in [1.82, 2.24) is 4.98 Å². The van der Waals surface area contributed by atoms with E-state index >= 15 is 0 Å². The average Bonchev–Trinajstić information content (AvgIpc) is 2.30. The van der Waals surface area contributed by atoms with Crippen LogP contribution in [0.15, 0.2) is 48.5 Å². The van der Waals surface area contributed by atoms with Gasteiger partial charge in [-0.25, -0.2) is 0 Å². The Bertz CT molecular complexity index is 491. The van der Waals surface area contributed by atoms with Gasteiger partial charge in [-0.15, -0.1) is 0 Å². The highest BCUT2D eigenvalue weighted by Gasteiger charge is 2.07. The Labute approximate surface area is 95.0 Å². The summed E-state index contributed by atoms with van der Waals surface area (Å²) < 4.78 is 0. The van der Waals surface area contributed by atoms with E-state index < -0.39 is 0 Å². The van der Waals surface area contributed by atoms with Gasteiger partial charge in [0.05, 0.1) is 0 Å². The first-order chi connectivity index (χ1) is 7.75. The van der Waals surface area contributed by atoms with E-state index in [4.69, 9.17) is 0 Å². The van der Waals surface area contributed by atoms with E-state index in [9.17, 15) is 4.79 Å². The highest BCUT2D eigenvalue weighted by Crippen LogP contribution is 2.06. The van der Waals surface area contributed by atoms with Gasteiger partial charge in [0.2, 0.25) is 0 Å². The standard InChI is InChI=1S/C14H13NO/c1-11-6-5-9-13(15-11)14(16)10-12-7-3-2-4-8-12/h2-9H,10H2,1H3. The zero-order valence-electron chi connectivity index (χ0n) is 9.18. The van der Waals surface area contributed by atoms with Crippen molar-refractivity contribution in [2.24, 2.45) is 0 Å². The molecule has 0 N–H and O–H groups in total. The number of nitrogens with zero attached hydrogens (tertiary/aromatic N) is 1. The van der Waals surface area contributed by atoms with Gasteiger partial charge >= 0.3 is 0 Å². The lowest BCUT2D eigenvalue weighted by Crippen LogP contribution is -2.06. The van der Waals surface area contributed by atoms with Crippen LogP contribution >= 0.6 is 0 Å². The molecule has 2 aromatic rings. The largest absolute Gasteiger partial charge is 0.292 e. The Morgan fingerprint density at radius 2 is 1.81 bits per heavy atom. The molecule has 0 unspecified atom stereocenters. The molecular weight excluding hydrogens is 198 g/mol. The minimum Gasteiger partial charge on any atom is -0.292 e. The Kier molecular flexibility index (Phi) is 3.10. The van der Waals surface area contributed by atoms with E-state index in [-0.39, 0.29) is 5.78 Å². The van der Waals surface area contributed by atoms with Crippen molar-refractivity contribution >= 4 is 5.78 Å². The van der Waals surface area contributed by atoms with Gasteiger partial charge in [0.1, 0.15) is 5.69 Å². The quantitative estimate of drug-likeness (QED) is 0.731. The molecule has 0 spiro atoms. The third-order valence-corrected chi connectivity index (χ3v) is 2.38. The van der Waals surface area contributed by atoms with Crippen LogP contribution in [-0.2, 0) is 6.42 Å². The van der Waals surface area contributed by atoms with E-state index in [0.717, 1.165) is 11.3 Å². The molecule has 0 bridgehead atoms. The minimum atomic E-state index is 0.0647. The predicted molar refractivity (Wildman–Crippen MR) is 63.5 cm³/mol. The molecule has 1 aromatic heterocycles. The van der Waals surface area contributed by atoms with Crippen LogP contribution in [0.4, 0.5) is 0 Å². The zero-order chi connectivity index (χ0) is 11.4. The first kappa shape index (κ1) is 10.6. The van der Waals surface area contributed by atoms with Crippen molar-refractivity contribution in [1.29, 1.82) is 0 Å². The van der Waals surface area contributed by atoms with Crippen molar-refractivity contribution in [3.63, 3.8) is 0 Å². The summed E-state index contributed by atoms with van der Waals surface area (Å²) in [6.45, 7) is 1.89. The summed E-state index contributed by atoms with van der Waals surface area (Å²) >= 11 is 0. The van der Waals surface area contributed by atoms with Gasteiger partial charge < -0.3 is 0 Å². The molecule has 2 rings (SSSR count). The fourth-order valence-electron chi connectivity index (χ4n) is 1.57. The second kappa shape index (κ2) is 4.71. The molecule has 0 saturated carbocycles. The molecule has 0 radical (unpaired) electrons. The number of carbonyl (C=O) groups excluding carboxylic acids is 1. The Hall–Kier alpha value is -1.96. The normalized spacial score (nSPS) is 10.1.